The summed E-state index contributed by atoms with van der Waals surface area (Å²) < 4.78 is 0. The Kier molecular flexibility index (Phi) is 2.17. The summed E-state index contributed by atoms with van der Waals surface area (Å²) in [5.41, 5.74) is 1.44. The standard InChI is InChI=1S/C10H16N2/c1-12-7-3-2-4-10(12)9-5-6-11-8-9/h5-6,8,10-11H,2-4,7H2,1H3. The lowest BCUT2D eigenvalue weighted by Crippen LogP contribution is -2.29. The van der Waals surface area contributed by atoms with Crippen LogP contribution in [0.5, 0.6) is 0 Å². The molecule has 0 radical (unpaired) electrons. The van der Waals surface area contributed by atoms with Gasteiger partial charge in [0, 0.05) is 18.4 Å². The lowest BCUT2D eigenvalue weighted by atomic mass is 9.98. The monoisotopic (exact) mass is 164 g/mol. The third-order valence-electron chi connectivity index (χ3n) is 2.78. The van der Waals surface area contributed by atoms with E-state index in [4.69, 9.17) is 0 Å². The number of aromatic nitrogens is 1. The van der Waals surface area contributed by atoms with Gasteiger partial charge in [0.1, 0.15) is 0 Å². The van der Waals surface area contributed by atoms with Gasteiger partial charge in [-0.2, -0.15) is 0 Å². The fourth-order valence-corrected chi connectivity index (χ4v) is 2.04. The van der Waals surface area contributed by atoms with E-state index >= 15 is 0 Å². The van der Waals surface area contributed by atoms with Gasteiger partial charge in [0.05, 0.1) is 0 Å². The van der Waals surface area contributed by atoms with E-state index in [-0.39, 0.29) is 0 Å². The SMILES string of the molecule is CN1CCCCC1c1cc[nH]c1. The van der Waals surface area contributed by atoms with E-state index in [0.29, 0.717) is 6.04 Å². The van der Waals surface area contributed by atoms with Crippen LogP contribution in [-0.4, -0.2) is 23.5 Å². The van der Waals surface area contributed by atoms with Gasteiger partial charge in [0.25, 0.3) is 0 Å². The summed E-state index contributed by atoms with van der Waals surface area (Å²) in [7, 11) is 2.22. The third kappa shape index (κ3) is 1.39. The molecule has 1 fully saturated rings. The quantitative estimate of drug-likeness (QED) is 0.674. The van der Waals surface area contributed by atoms with E-state index in [1.807, 2.05) is 6.20 Å². The van der Waals surface area contributed by atoms with Crippen LogP contribution in [0.25, 0.3) is 0 Å². The number of piperidine rings is 1. The number of nitrogens with one attached hydrogen (secondary N) is 1. The number of likely N-dealkylation sites (tertiary alicyclic amines) is 1. The Morgan fingerprint density at radius 2 is 2.42 bits per heavy atom. The largest absolute Gasteiger partial charge is 0.367 e. The van der Waals surface area contributed by atoms with Gasteiger partial charge >= 0.3 is 0 Å². The molecule has 1 aromatic heterocycles. The molecule has 0 amide bonds. The average molecular weight is 164 g/mol. The number of hydrogen-bond donors (Lipinski definition) is 1. The molecular weight excluding hydrogens is 148 g/mol. The van der Waals surface area contributed by atoms with Crippen LogP contribution in [0.15, 0.2) is 18.5 Å². The Morgan fingerprint density at radius 1 is 1.50 bits per heavy atom. The van der Waals surface area contributed by atoms with Crippen LogP contribution in [0, 0.1) is 0 Å². The molecule has 1 aromatic rings. The summed E-state index contributed by atoms with van der Waals surface area (Å²) in [6.07, 6.45) is 8.18. The third-order valence-corrected chi connectivity index (χ3v) is 2.78. The molecule has 0 saturated carbocycles. The van der Waals surface area contributed by atoms with Crippen molar-refractivity contribution in [3.05, 3.63) is 24.0 Å². The van der Waals surface area contributed by atoms with E-state index in [1.165, 1.54) is 31.4 Å². The van der Waals surface area contributed by atoms with Crippen molar-refractivity contribution in [1.29, 1.82) is 0 Å². The molecule has 0 aromatic carbocycles. The summed E-state index contributed by atoms with van der Waals surface area (Å²) in [6, 6.07) is 2.84. The van der Waals surface area contributed by atoms with Gasteiger partial charge in [-0.3, -0.25) is 4.90 Å². The molecule has 1 N–H and O–H groups in total. The molecule has 1 aliphatic heterocycles. The first-order valence-electron chi connectivity index (χ1n) is 4.71. The number of H-pyrrole nitrogens is 1. The number of nitrogens with zero attached hydrogens (tertiary/aromatic N) is 1. The van der Waals surface area contributed by atoms with Crippen LogP contribution in [0.4, 0.5) is 0 Å². The molecule has 1 saturated heterocycles. The molecule has 2 heteroatoms. The van der Waals surface area contributed by atoms with Crippen molar-refractivity contribution in [2.24, 2.45) is 0 Å². The highest BCUT2D eigenvalue weighted by Gasteiger charge is 2.20. The van der Waals surface area contributed by atoms with Crippen LogP contribution in [0.3, 0.4) is 0 Å². The lowest BCUT2D eigenvalue weighted by molar-refractivity contribution is 0.187. The topological polar surface area (TPSA) is 19.0 Å². The van der Waals surface area contributed by atoms with E-state index in [1.54, 1.807) is 0 Å². The maximum atomic E-state index is 3.12. The Hall–Kier alpha value is -0.760. The van der Waals surface area contributed by atoms with Crippen LogP contribution in [-0.2, 0) is 0 Å². The van der Waals surface area contributed by atoms with Gasteiger partial charge in [-0.1, -0.05) is 6.42 Å². The summed E-state index contributed by atoms with van der Waals surface area (Å²) in [6.45, 7) is 1.25. The van der Waals surface area contributed by atoms with Crippen molar-refractivity contribution in [2.45, 2.75) is 25.3 Å². The molecular formula is C10H16N2. The highest BCUT2D eigenvalue weighted by molar-refractivity contribution is 5.14. The number of rotatable bonds is 1. The maximum absolute atomic E-state index is 3.12. The predicted molar refractivity (Wildman–Crippen MR) is 50.0 cm³/mol. The zero-order valence-electron chi connectivity index (χ0n) is 7.59. The molecule has 2 heterocycles. The average Bonchev–Trinajstić information content (AvgIpc) is 2.57. The first-order chi connectivity index (χ1) is 5.88. The van der Waals surface area contributed by atoms with Crippen molar-refractivity contribution in [3.8, 4) is 0 Å². The fraction of sp³-hybridized carbons (Fsp3) is 0.600. The molecule has 12 heavy (non-hydrogen) atoms. The Labute approximate surface area is 73.6 Å². The normalized spacial score (nSPS) is 25.9. The smallest absolute Gasteiger partial charge is 0.0360 e. The second kappa shape index (κ2) is 3.31. The molecule has 2 rings (SSSR count). The van der Waals surface area contributed by atoms with Gasteiger partial charge in [-0.15, -0.1) is 0 Å². The minimum atomic E-state index is 0.657. The second-order valence-corrected chi connectivity index (χ2v) is 3.64. The highest BCUT2D eigenvalue weighted by Crippen LogP contribution is 2.28. The van der Waals surface area contributed by atoms with Crippen LogP contribution < -0.4 is 0 Å². The second-order valence-electron chi connectivity index (χ2n) is 3.64. The molecule has 2 nitrogen and oxygen atoms in total. The minimum Gasteiger partial charge on any atom is -0.367 e. The lowest BCUT2D eigenvalue weighted by Gasteiger charge is -2.31. The fourth-order valence-electron chi connectivity index (χ4n) is 2.04. The van der Waals surface area contributed by atoms with Crippen LogP contribution in [0.1, 0.15) is 30.9 Å². The van der Waals surface area contributed by atoms with Gasteiger partial charge in [0.15, 0.2) is 0 Å². The van der Waals surface area contributed by atoms with Crippen LogP contribution >= 0.6 is 0 Å². The van der Waals surface area contributed by atoms with Gasteiger partial charge in [-0.05, 0) is 38.1 Å². The van der Waals surface area contributed by atoms with E-state index in [9.17, 15) is 0 Å². The zero-order valence-corrected chi connectivity index (χ0v) is 7.59. The van der Waals surface area contributed by atoms with E-state index in [2.05, 4.69) is 29.2 Å². The highest BCUT2D eigenvalue weighted by atomic mass is 15.1. The number of aromatic amines is 1. The summed E-state index contributed by atoms with van der Waals surface area (Å²) in [4.78, 5) is 5.57. The van der Waals surface area contributed by atoms with Crippen LogP contribution in [0.2, 0.25) is 0 Å². The van der Waals surface area contributed by atoms with Gasteiger partial charge in [0.2, 0.25) is 0 Å². The molecule has 1 unspecified atom stereocenters. The van der Waals surface area contributed by atoms with Gasteiger partial charge in [-0.25, -0.2) is 0 Å². The summed E-state index contributed by atoms with van der Waals surface area (Å²) >= 11 is 0. The molecule has 0 aliphatic carbocycles. The predicted octanol–water partition coefficient (Wildman–Crippen LogP) is 2.17. The van der Waals surface area contributed by atoms with Crippen molar-refractivity contribution in [2.75, 3.05) is 13.6 Å². The van der Waals surface area contributed by atoms with E-state index in [0.717, 1.165) is 0 Å². The molecule has 0 bridgehead atoms. The van der Waals surface area contributed by atoms with Crippen molar-refractivity contribution in [3.63, 3.8) is 0 Å². The van der Waals surface area contributed by atoms with Crippen molar-refractivity contribution < 1.29 is 0 Å². The Bertz CT molecular complexity index is 228. The molecule has 1 aliphatic rings. The molecule has 0 spiro atoms. The minimum absolute atomic E-state index is 0.657. The Balaban J connectivity index is 2.11. The zero-order chi connectivity index (χ0) is 8.39. The summed E-state index contributed by atoms with van der Waals surface area (Å²) in [5, 5.41) is 0. The van der Waals surface area contributed by atoms with Gasteiger partial charge < -0.3 is 4.98 Å². The number of hydrogen-bond acceptors (Lipinski definition) is 1. The van der Waals surface area contributed by atoms with Crippen molar-refractivity contribution in [1.82, 2.24) is 9.88 Å². The molecule has 1 atom stereocenters. The molecule has 66 valence electrons. The van der Waals surface area contributed by atoms with Crippen molar-refractivity contribution >= 4 is 0 Å². The Morgan fingerprint density at radius 3 is 3.08 bits per heavy atom. The summed E-state index contributed by atoms with van der Waals surface area (Å²) in [5.74, 6) is 0. The van der Waals surface area contributed by atoms with E-state index < -0.39 is 0 Å². The first-order valence-corrected chi connectivity index (χ1v) is 4.71. The first kappa shape index (κ1) is 7.87. The maximum Gasteiger partial charge on any atom is 0.0360 e.